The lowest BCUT2D eigenvalue weighted by Crippen LogP contribution is -2.25. The minimum Gasteiger partial charge on any atom is -0.485 e. The van der Waals surface area contributed by atoms with Gasteiger partial charge in [0.1, 0.15) is 12.4 Å². The summed E-state index contributed by atoms with van der Waals surface area (Å²) in [6.45, 7) is -0.0253. The lowest BCUT2D eigenvalue weighted by atomic mass is 10.1. The normalized spacial score (nSPS) is 11.9. The van der Waals surface area contributed by atoms with Gasteiger partial charge in [-0.25, -0.2) is 9.37 Å². The minimum absolute atomic E-state index is 0.175. The molecular weight excluding hydrogens is 391 g/mol. The smallest absolute Gasteiger partial charge is 0.150 e. The Balaban J connectivity index is 1.45. The first kappa shape index (κ1) is 20.8. The molecule has 0 radical (unpaired) electrons. The molecule has 31 heavy (non-hydrogen) atoms. The minimum atomic E-state index is -0.668. The van der Waals surface area contributed by atoms with Gasteiger partial charge < -0.3 is 14.8 Å². The summed E-state index contributed by atoms with van der Waals surface area (Å²) in [6, 6.07) is 27.6. The predicted octanol–water partition coefficient (Wildman–Crippen LogP) is 5.88. The van der Waals surface area contributed by atoms with Crippen molar-refractivity contribution in [2.45, 2.75) is 12.7 Å². The molecule has 5 heteroatoms. The van der Waals surface area contributed by atoms with E-state index in [1.807, 2.05) is 92.0 Å². The van der Waals surface area contributed by atoms with E-state index in [4.69, 9.17) is 14.5 Å². The highest BCUT2D eigenvalue weighted by Gasteiger charge is 2.12. The van der Waals surface area contributed by atoms with E-state index < -0.39 is 12.8 Å². The average molecular weight is 416 g/mol. The van der Waals surface area contributed by atoms with E-state index in [1.54, 1.807) is 0 Å². The van der Waals surface area contributed by atoms with Crippen LogP contribution in [0.3, 0.4) is 0 Å². The monoisotopic (exact) mass is 416 g/mol. The van der Waals surface area contributed by atoms with E-state index in [0.29, 0.717) is 12.4 Å². The molecular formula is C26H25FN2O2. The fourth-order valence-electron chi connectivity index (χ4n) is 3.32. The largest absolute Gasteiger partial charge is 0.485 e. The lowest BCUT2D eigenvalue weighted by molar-refractivity contribution is 0.0298. The van der Waals surface area contributed by atoms with Crippen LogP contribution in [0, 0.1) is 0 Å². The fourth-order valence-corrected chi connectivity index (χ4v) is 3.32. The number of fused-ring (bicyclic) bond motifs is 1. The first-order valence-corrected chi connectivity index (χ1v) is 10.3. The second kappa shape index (κ2) is 10.0. The molecule has 0 fully saturated rings. The summed E-state index contributed by atoms with van der Waals surface area (Å²) in [5, 5.41) is 4.11. The first-order chi connectivity index (χ1) is 15.2. The summed E-state index contributed by atoms with van der Waals surface area (Å²) in [7, 11) is 1.89. The SMILES string of the molecule is CNc1ccc(-c2ccc3ccc(OC(CF)COCc4ccccc4)cc3n2)cc1. The van der Waals surface area contributed by atoms with Crippen LogP contribution in [0.4, 0.5) is 10.1 Å². The summed E-state index contributed by atoms with van der Waals surface area (Å²) in [4.78, 5) is 4.77. The molecule has 0 aliphatic rings. The van der Waals surface area contributed by atoms with Crippen LogP contribution in [0.1, 0.15) is 5.56 Å². The van der Waals surface area contributed by atoms with Gasteiger partial charge in [-0.1, -0.05) is 48.5 Å². The van der Waals surface area contributed by atoms with Crippen LogP contribution in [0.2, 0.25) is 0 Å². The third-order valence-corrected chi connectivity index (χ3v) is 5.02. The quantitative estimate of drug-likeness (QED) is 0.370. The maximum atomic E-state index is 13.5. The Kier molecular flexibility index (Phi) is 6.75. The summed E-state index contributed by atoms with van der Waals surface area (Å²) in [6.07, 6.45) is -0.668. The zero-order valence-corrected chi connectivity index (χ0v) is 17.4. The van der Waals surface area contributed by atoms with Gasteiger partial charge in [0.15, 0.2) is 6.10 Å². The molecule has 0 aliphatic heterocycles. The molecule has 0 amide bonds. The van der Waals surface area contributed by atoms with E-state index >= 15 is 0 Å². The van der Waals surface area contributed by atoms with E-state index in [1.165, 1.54) is 0 Å². The molecule has 0 saturated carbocycles. The van der Waals surface area contributed by atoms with E-state index in [-0.39, 0.29) is 6.61 Å². The van der Waals surface area contributed by atoms with Crippen molar-refractivity contribution in [3.8, 4) is 17.0 Å². The Morgan fingerprint density at radius 1 is 0.935 bits per heavy atom. The zero-order valence-electron chi connectivity index (χ0n) is 17.4. The fraction of sp³-hybridized carbons (Fsp3) is 0.192. The van der Waals surface area contributed by atoms with E-state index in [0.717, 1.165) is 33.4 Å². The van der Waals surface area contributed by atoms with Crippen molar-refractivity contribution < 1.29 is 13.9 Å². The molecule has 0 bridgehead atoms. The molecule has 1 heterocycles. The number of alkyl halides is 1. The number of anilines is 1. The molecule has 158 valence electrons. The third-order valence-electron chi connectivity index (χ3n) is 5.02. The molecule has 1 atom stereocenters. The van der Waals surface area contributed by atoms with Gasteiger partial charge in [-0.3, -0.25) is 0 Å². The highest BCUT2D eigenvalue weighted by Crippen LogP contribution is 2.25. The van der Waals surface area contributed by atoms with Crippen LogP contribution in [0.5, 0.6) is 5.75 Å². The maximum Gasteiger partial charge on any atom is 0.150 e. The topological polar surface area (TPSA) is 43.4 Å². The summed E-state index contributed by atoms with van der Waals surface area (Å²) >= 11 is 0. The van der Waals surface area contributed by atoms with Gasteiger partial charge in [0.05, 0.1) is 24.4 Å². The van der Waals surface area contributed by atoms with Gasteiger partial charge in [-0.2, -0.15) is 0 Å². The number of hydrogen-bond donors (Lipinski definition) is 1. The number of halogens is 1. The second-order valence-corrected chi connectivity index (χ2v) is 7.27. The molecule has 1 unspecified atom stereocenters. The molecule has 0 aliphatic carbocycles. The molecule has 1 aromatic heterocycles. The van der Waals surface area contributed by atoms with Crippen molar-refractivity contribution in [2.75, 3.05) is 25.6 Å². The number of rotatable bonds is 9. The highest BCUT2D eigenvalue weighted by atomic mass is 19.1. The van der Waals surface area contributed by atoms with Crippen LogP contribution in [0.15, 0.2) is 84.9 Å². The number of hydrogen-bond acceptors (Lipinski definition) is 4. The van der Waals surface area contributed by atoms with Crippen LogP contribution in [0.25, 0.3) is 22.2 Å². The number of benzene rings is 3. The van der Waals surface area contributed by atoms with Gasteiger partial charge in [0.2, 0.25) is 0 Å². The summed E-state index contributed by atoms with van der Waals surface area (Å²) in [5.41, 5.74) is 4.80. The number of aromatic nitrogens is 1. The second-order valence-electron chi connectivity index (χ2n) is 7.27. The van der Waals surface area contributed by atoms with Crippen LogP contribution >= 0.6 is 0 Å². The van der Waals surface area contributed by atoms with Crippen LogP contribution in [-0.2, 0) is 11.3 Å². The summed E-state index contributed by atoms with van der Waals surface area (Å²) in [5.74, 6) is 0.577. The number of ether oxygens (including phenoxy) is 2. The molecule has 0 spiro atoms. The predicted molar refractivity (Wildman–Crippen MR) is 123 cm³/mol. The Hall–Kier alpha value is -3.44. The maximum absolute atomic E-state index is 13.5. The van der Waals surface area contributed by atoms with Crippen molar-refractivity contribution in [3.05, 3.63) is 90.5 Å². The lowest BCUT2D eigenvalue weighted by Gasteiger charge is -2.17. The molecule has 4 aromatic rings. The molecule has 4 nitrogen and oxygen atoms in total. The van der Waals surface area contributed by atoms with Gasteiger partial charge in [-0.15, -0.1) is 0 Å². The Morgan fingerprint density at radius 3 is 2.45 bits per heavy atom. The average Bonchev–Trinajstić information content (AvgIpc) is 2.83. The van der Waals surface area contributed by atoms with Crippen LogP contribution in [-0.4, -0.2) is 31.4 Å². The Morgan fingerprint density at radius 2 is 1.71 bits per heavy atom. The van der Waals surface area contributed by atoms with Gasteiger partial charge >= 0.3 is 0 Å². The van der Waals surface area contributed by atoms with E-state index in [9.17, 15) is 4.39 Å². The highest BCUT2D eigenvalue weighted by molar-refractivity contribution is 5.83. The first-order valence-electron chi connectivity index (χ1n) is 10.3. The summed E-state index contributed by atoms with van der Waals surface area (Å²) < 4.78 is 25.0. The molecule has 0 saturated heterocycles. The van der Waals surface area contributed by atoms with Crippen molar-refractivity contribution in [3.63, 3.8) is 0 Å². The van der Waals surface area contributed by atoms with Gasteiger partial charge in [-0.05, 0) is 35.9 Å². The van der Waals surface area contributed by atoms with Gasteiger partial charge in [0, 0.05) is 29.8 Å². The van der Waals surface area contributed by atoms with Crippen molar-refractivity contribution >= 4 is 16.6 Å². The van der Waals surface area contributed by atoms with Crippen molar-refractivity contribution in [1.82, 2.24) is 4.98 Å². The molecule has 1 N–H and O–H groups in total. The number of pyridine rings is 1. The molecule has 3 aromatic carbocycles. The van der Waals surface area contributed by atoms with E-state index in [2.05, 4.69) is 5.32 Å². The Labute approximate surface area is 181 Å². The van der Waals surface area contributed by atoms with Crippen LogP contribution < -0.4 is 10.1 Å². The zero-order chi connectivity index (χ0) is 21.5. The number of nitrogens with one attached hydrogen (secondary N) is 1. The van der Waals surface area contributed by atoms with Gasteiger partial charge in [0.25, 0.3) is 0 Å². The van der Waals surface area contributed by atoms with Crippen molar-refractivity contribution in [1.29, 1.82) is 0 Å². The third kappa shape index (κ3) is 5.38. The number of nitrogens with zero attached hydrogens (tertiary/aromatic N) is 1. The Bertz CT molecular complexity index is 1120. The standard InChI is InChI=1S/C26H25FN2O2/c1-28-22-11-7-20(8-12-22)25-14-10-21-9-13-23(15-26(21)29-25)31-24(16-27)18-30-17-19-5-3-2-4-6-19/h2-15,24,28H,16-18H2,1H3. The van der Waals surface area contributed by atoms with Crippen molar-refractivity contribution in [2.24, 2.45) is 0 Å². The molecule has 4 rings (SSSR count).